The van der Waals surface area contributed by atoms with Gasteiger partial charge in [-0.1, -0.05) is 24.3 Å². The minimum Gasteiger partial charge on any atom is -0.469 e. The van der Waals surface area contributed by atoms with Gasteiger partial charge in [0.05, 0.1) is 26.6 Å². The number of benzene rings is 1. The summed E-state index contributed by atoms with van der Waals surface area (Å²) in [5, 5.41) is 2.96. The molecule has 4 atom stereocenters. The Labute approximate surface area is 236 Å². The summed E-state index contributed by atoms with van der Waals surface area (Å²) in [4.78, 5) is 55.9. The Hall–Kier alpha value is -2.78. The van der Waals surface area contributed by atoms with E-state index in [-0.39, 0.29) is 54.7 Å². The average molecular weight is 554 g/mol. The summed E-state index contributed by atoms with van der Waals surface area (Å²) in [5.74, 6) is -0.0943. The van der Waals surface area contributed by atoms with E-state index in [1.165, 1.54) is 14.2 Å². The van der Waals surface area contributed by atoms with E-state index >= 15 is 0 Å². The van der Waals surface area contributed by atoms with Gasteiger partial charge < -0.3 is 24.6 Å². The summed E-state index contributed by atoms with van der Waals surface area (Å²) >= 11 is 0. The van der Waals surface area contributed by atoms with E-state index < -0.39 is 12.0 Å². The lowest BCUT2D eigenvalue weighted by Crippen LogP contribution is -2.58. The van der Waals surface area contributed by atoms with Crippen molar-refractivity contribution < 1.29 is 28.7 Å². The number of carbonyl (C=O) groups excluding carboxylic acids is 4. The lowest BCUT2D eigenvalue weighted by atomic mass is 9.71. The number of ether oxygens (including phenoxy) is 2. The van der Waals surface area contributed by atoms with Gasteiger partial charge in [0.15, 0.2) is 0 Å². The van der Waals surface area contributed by atoms with Crippen molar-refractivity contribution in [1.82, 2.24) is 15.1 Å². The molecular weight excluding hydrogens is 510 g/mol. The summed E-state index contributed by atoms with van der Waals surface area (Å²) in [6.07, 6.45) is 4.85. The number of nitrogens with zero attached hydrogens (tertiary/aromatic N) is 2. The molecule has 40 heavy (non-hydrogen) atoms. The zero-order valence-corrected chi connectivity index (χ0v) is 23.8. The largest absolute Gasteiger partial charge is 0.469 e. The van der Waals surface area contributed by atoms with Crippen LogP contribution in [0.25, 0.3) is 0 Å². The molecule has 9 nitrogen and oxygen atoms in total. The second-order valence-electron chi connectivity index (χ2n) is 12.2. The number of esters is 2. The third-order valence-electron chi connectivity index (χ3n) is 9.87. The zero-order chi connectivity index (χ0) is 28.2. The molecule has 1 N–H and O–H groups in total. The number of amides is 1. The lowest BCUT2D eigenvalue weighted by Gasteiger charge is -2.47. The molecule has 6 heterocycles. The molecule has 9 heteroatoms. The van der Waals surface area contributed by atoms with Gasteiger partial charge in [-0.15, -0.1) is 0 Å². The van der Waals surface area contributed by atoms with Crippen molar-refractivity contribution in [2.45, 2.75) is 51.0 Å². The van der Waals surface area contributed by atoms with Crippen LogP contribution in [0.15, 0.2) is 24.3 Å². The molecule has 0 aromatic heterocycles. The quantitative estimate of drug-likeness (QED) is 0.414. The van der Waals surface area contributed by atoms with Gasteiger partial charge in [-0.3, -0.25) is 14.4 Å². The predicted molar refractivity (Wildman–Crippen MR) is 148 cm³/mol. The van der Waals surface area contributed by atoms with Gasteiger partial charge in [-0.05, 0) is 80.7 Å². The van der Waals surface area contributed by atoms with Crippen molar-refractivity contribution >= 4 is 23.6 Å². The Bertz CT molecular complexity index is 990. The Morgan fingerprint density at radius 2 is 1.27 bits per heavy atom. The third-order valence-corrected chi connectivity index (χ3v) is 9.87. The van der Waals surface area contributed by atoms with Crippen molar-refractivity contribution in [3.63, 3.8) is 0 Å². The number of Topliss-reactive ketones (excluding diaryl/α,β-unsaturated/α-hetero) is 1. The highest BCUT2D eigenvalue weighted by Gasteiger charge is 2.43. The first-order chi connectivity index (χ1) is 19.3. The molecule has 7 rings (SSSR count). The van der Waals surface area contributed by atoms with Gasteiger partial charge >= 0.3 is 11.9 Å². The lowest BCUT2D eigenvalue weighted by molar-refractivity contribution is -0.152. The van der Waals surface area contributed by atoms with E-state index in [2.05, 4.69) is 15.1 Å². The van der Waals surface area contributed by atoms with Crippen molar-refractivity contribution in [2.75, 3.05) is 53.5 Å². The first kappa shape index (κ1) is 28.7. The summed E-state index contributed by atoms with van der Waals surface area (Å²) < 4.78 is 10.1. The molecular formula is C31H43N3O6. The number of fused-ring (bicyclic) bond motifs is 6. The molecule has 6 saturated heterocycles. The summed E-state index contributed by atoms with van der Waals surface area (Å²) in [7, 11) is 2.77. The highest BCUT2D eigenvalue weighted by molar-refractivity contribution is 5.87. The molecule has 0 saturated carbocycles. The van der Waals surface area contributed by atoms with Crippen LogP contribution in [0.5, 0.6) is 0 Å². The van der Waals surface area contributed by atoms with E-state index in [1.807, 2.05) is 24.3 Å². The fraction of sp³-hybridized carbons (Fsp3) is 0.677. The summed E-state index contributed by atoms with van der Waals surface area (Å²) in [6.45, 7) is 5.95. The fourth-order valence-corrected chi connectivity index (χ4v) is 7.61. The van der Waals surface area contributed by atoms with Crippen LogP contribution in [-0.4, -0.2) is 93.0 Å². The van der Waals surface area contributed by atoms with Crippen molar-refractivity contribution in [2.24, 2.45) is 29.6 Å². The highest BCUT2D eigenvalue weighted by atomic mass is 16.5. The third kappa shape index (κ3) is 6.57. The monoisotopic (exact) mass is 553 g/mol. The Balaban J connectivity index is 1.15. The molecule has 2 unspecified atom stereocenters. The van der Waals surface area contributed by atoms with E-state index in [4.69, 9.17) is 9.47 Å². The van der Waals surface area contributed by atoms with Crippen LogP contribution in [0, 0.1) is 29.6 Å². The van der Waals surface area contributed by atoms with E-state index in [0.717, 1.165) is 76.1 Å². The van der Waals surface area contributed by atoms with Crippen LogP contribution in [0.1, 0.15) is 43.2 Å². The van der Waals surface area contributed by atoms with E-state index in [9.17, 15) is 19.2 Å². The highest BCUT2D eigenvalue weighted by Crippen LogP contribution is 2.39. The number of carbonyl (C=O) groups is 4. The maximum atomic E-state index is 13.0. The number of methoxy groups -OCH3 is 2. The second kappa shape index (κ2) is 12.8. The maximum absolute atomic E-state index is 13.0. The molecule has 4 bridgehead atoms. The molecule has 6 aliphatic heterocycles. The zero-order valence-electron chi connectivity index (χ0n) is 23.8. The van der Waals surface area contributed by atoms with Crippen LogP contribution >= 0.6 is 0 Å². The number of rotatable bonds is 11. The molecule has 0 spiro atoms. The number of hydrogen-bond donors (Lipinski definition) is 1. The topological polar surface area (TPSA) is 105 Å². The van der Waals surface area contributed by atoms with Gasteiger partial charge in [-0.25, -0.2) is 4.79 Å². The Morgan fingerprint density at radius 3 is 1.75 bits per heavy atom. The van der Waals surface area contributed by atoms with Crippen LogP contribution < -0.4 is 5.32 Å². The molecule has 0 aliphatic carbocycles. The van der Waals surface area contributed by atoms with E-state index in [1.54, 1.807) is 0 Å². The van der Waals surface area contributed by atoms with Gasteiger partial charge in [0.1, 0.15) is 11.8 Å². The minimum absolute atomic E-state index is 0.0239. The van der Waals surface area contributed by atoms with Crippen molar-refractivity contribution in [1.29, 1.82) is 0 Å². The Kier molecular flexibility index (Phi) is 9.20. The molecule has 6 fully saturated rings. The first-order valence-electron chi connectivity index (χ1n) is 14.8. The van der Waals surface area contributed by atoms with Gasteiger partial charge in [0.25, 0.3) is 0 Å². The smallest absolute Gasteiger partial charge is 0.328 e. The van der Waals surface area contributed by atoms with Gasteiger partial charge in [0.2, 0.25) is 5.91 Å². The summed E-state index contributed by atoms with van der Waals surface area (Å²) in [6, 6.07) is 6.81. The summed E-state index contributed by atoms with van der Waals surface area (Å²) in [5.41, 5.74) is 1.66. The average Bonchev–Trinajstić information content (AvgIpc) is 3.00. The number of hydrogen-bond acceptors (Lipinski definition) is 8. The maximum Gasteiger partial charge on any atom is 0.328 e. The molecule has 0 radical (unpaired) electrons. The van der Waals surface area contributed by atoms with Crippen molar-refractivity contribution in [3.8, 4) is 0 Å². The number of nitrogens with one attached hydrogen (secondary N) is 1. The molecule has 1 amide bonds. The normalized spacial score (nSPS) is 30.2. The standard InChI is InChI=1S/C31H43N3O6/c1-39-30(37)25(26-18-33-11-7-22(26)8-12-33)17-24(35)15-20-3-5-21(6-4-20)16-28(36)32-29(31(38)40-2)27-19-34-13-9-23(27)10-14-34/h3-6,22-23,25-27,29H,7-19H2,1-2H3,(H,32,36)/t25?,26-,27-,29?/m0/s1. The predicted octanol–water partition coefficient (Wildman–Crippen LogP) is 1.86. The van der Waals surface area contributed by atoms with Crippen LogP contribution in [0.4, 0.5) is 0 Å². The minimum atomic E-state index is -0.638. The molecule has 1 aromatic carbocycles. The van der Waals surface area contributed by atoms with Crippen LogP contribution in [0.3, 0.4) is 0 Å². The number of piperidine rings is 6. The molecule has 6 aliphatic rings. The fourth-order valence-electron chi connectivity index (χ4n) is 7.61. The van der Waals surface area contributed by atoms with Crippen LogP contribution in [-0.2, 0) is 41.5 Å². The van der Waals surface area contributed by atoms with Crippen LogP contribution in [0.2, 0.25) is 0 Å². The second-order valence-corrected chi connectivity index (χ2v) is 12.2. The van der Waals surface area contributed by atoms with Crippen molar-refractivity contribution in [3.05, 3.63) is 35.4 Å². The SMILES string of the molecule is COC(=O)C(CC(=O)Cc1ccc(CC(=O)NC(C(=O)OC)[C@H]2CN3CCC2CC3)cc1)[C@H]1CN2CCC1CC2. The van der Waals surface area contributed by atoms with E-state index in [0.29, 0.717) is 11.8 Å². The van der Waals surface area contributed by atoms with Gasteiger partial charge in [0, 0.05) is 31.8 Å². The van der Waals surface area contributed by atoms with Gasteiger partial charge in [-0.2, -0.15) is 0 Å². The Morgan fingerprint density at radius 1 is 0.775 bits per heavy atom. The molecule has 1 aromatic rings. The first-order valence-corrected chi connectivity index (χ1v) is 14.8. The molecule has 218 valence electrons. The number of ketones is 1.